The zero-order chi connectivity index (χ0) is 20.1. The first-order valence-electron chi connectivity index (χ1n) is 10.6. The molecule has 3 rings (SSSR count). The smallest absolute Gasteiger partial charge is 0.123 e. The lowest BCUT2D eigenvalue weighted by atomic mass is 9.71. The van der Waals surface area contributed by atoms with E-state index in [4.69, 9.17) is 4.74 Å². The molecule has 2 aromatic rings. The summed E-state index contributed by atoms with van der Waals surface area (Å²) in [7, 11) is 0. The summed E-state index contributed by atoms with van der Waals surface area (Å²) in [4.78, 5) is 0. The van der Waals surface area contributed by atoms with Crippen LogP contribution in [0.25, 0.3) is 0 Å². The second-order valence-electron chi connectivity index (χ2n) is 8.61. The van der Waals surface area contributed by atoms with E-state index in [0.29, 0.717) is 24.4 Å². The molecular formula is C27H34O. The number of rotatable bonds is 6. The number of fused-ring (bicyclic) bond motifs is 1. The summed E-state index contributed by atoms with van der Waals surface area (Å²) in [5.74, 6) is 2.71. The molecule has 1 heteroatoms. The van der Waals surface area contributed by atoms with Crippen molar-refractivity contribution in [1.29, 1.82) is 0 Å². The van der Waals surface area contributed by atoms with Gasteiger partial charge >= 0.3 is 0 Å². The second kappa shape index (κ2) is 9.28. The van der Waals surface area contributed by atoms with E-state index in [2.05, 4.69) is 95.3 Å². The van der Waals surface area contributed by atoms with Gasteiger partial charge in [-0.2, -0.15) is 0 Å². The van der Waals surface area contributed by atoms with Crippen LogP contribution in [0, 0.1) is 12.8 Å². The van der Waals surface area contributed by atoms with E-state index in [1.165, 1.54) is 40.7 Å². The maximum absolute atomic E-state index is 6.35. The number of hydrogen-bond donors (Lipinski definition) is 0. The van der Waals surface area contributed by atoms with Crippen molar-refractivity contribution >= 4 is 0 Å². The van der Waals surface area contributed by atoms with E-state index in [1.807, 2.05) is 0 Å². The van der Waals surface area contributed by atoms with Crippen molar-refractivity contribution in [3.05, 3.63) is 88.5 Å². The molecule has 3 atom stereocenters. The Morgan fingerprint density at radius 1 is 1.14 bits per heavy atom. The molecule has 0 aliphatic heterocycles. The van der Waals surface area contributed by atoms with Crippen LogP contribution in [0.4, 0.5) is 0 Å². The van der Waals surface area contributed by atoms with Crippen LogP contribution in [-0.2, 0) is 6.61 Å². The molecule has 148 valence electrons. The van der Waals surface area contributed by atoms with Crippen LogP contribution >= 0.6 is 0 Å². The first-order chi connectivity index (χ1) is 13.5. The summed E-state index contributed by atoms with van der Waals surface area (Å²) in [6, 6.07) is 15.1. The van der Waals surface area contributed by atoms with Crippen molar-refractivity contribution in [2.45, 2.75) is 65.9 Å². The van der Waals surface area contributed by atoms with E-state index in [1.54, 1.807) is 0 Å². The molecule has 0 spiro atoms. The Labute approximate surface area is 171 Å². The lowest BCUT2D eigenvalue weighted by molar-refractivity contribution is 0.296. The van der Waals surface area contributed by atoms with Crippen LogP contribution in [0.1, 0.15) is 74.6 Å². The highest BCUT2D eigenvalue weighted by Gasteiger charge is 2.30. The lowest BCUT2D eigenvalue weighted by Crippen LogP contribution is -2.19. The van der Waals surface area contributed by atoms with Gasteiger partial charge in [-0.15, -0.1) is 0 Å². The number of allylic oxidation sites excluding steroid dienone is 4. The fourth-order valence-corrected chi connectivity index (χ4v) is 4.31. The van der Waals surface area contributed by atoms with Gasteiger partial charge in [-0.05, 0) is 74.1 Å². The molecule has 0 N–H and O–H groups in total. The van der Waals surface area contributed by atoms with Crippen LogP contribution in [0.5, 0.6) is 5.75 Å². The molecule has 0 fully saturated rings. The third-order valence-corrected chi connectivity index (χ3v) is 5.84. The van der Waals surface area contributed by atoms with Gasteiger partial charge in [0.1, 0.15) is 12.4 Å². The molecule has 1 nitrogen and oxygen atoms in total. The van der Waals surface area contributed by atoms with Crippen LogP contribution in [0.2, 0.25) is 0 Å². The quantitative estimate of drug-likeness (QED) is 0.470. The summed E-state index contributed by atoms with van der Waals surface area (Å²) in [6.07, 6.45) is 9.26. The Hall–Kier alpha value is -2.28. The van der Waals surface area contributed by atoms with Gasteiger partial charge in [-0.25, -0.2) is 0 Å². The van der Waals surface area contributed by atoms with Gasteiger partial charge in [0, 0.05) is 5.56 Å². The SMILES string of the molecule is CC(C)=C/C=C/[C@H](C)[C@H]1CC[C@@H](C)c2c(OCc3ccccc3)cc(C)cc21. The topological polar surface area (TPSA) is 9.23 Å². The Bertz CT molecular complexity index is 840. The summed E-state index contributed by atoms with van der Waals surface area (Å²) < 4.78 is 6.35. The molecular weight excluding hydrogens is 340 g/mol. The standard InChI is InChI=1S/C27H34O/c1-19(2)10-9-11-21(4)24-15-14-22(5)27-25(24)16-20(3)17-26(27)28-18-23-12-7-6-8-13-23/h6-13,16-17,21-22,24H,14-15,18H2,1-5H3/b11-9+/t21-,22+,24+/m0/s1. The van der Waals surface area contributed by atoms with Crippen molar-refractivity contribution < 1.29 is 4.74 Å². The van der Waals surface area contributed by atoms with Gasteiger partial charge < -0.3 is 4.74 Å². The van der Waals surface area contributed by atoms with E-state index in [9.17, 15) is 0 Å². The minimum absolute atomic E-state index is 0.519. The highest BCUT2D eigenvalue weighted by atomic mass is 16.5. The first-order valence-corrected chi connectivity index (χ1v) is 10.6. The van der Waals surface area contributed by atoms with Crippen molar-refractivity contribution in [3.63, 3.8) is 0 Å². The molecule has 0 radical (unpaired) electrons. The predicted octanol–water partition coefficient (Wildman–Crippen LogP) is 7.71. The average Bonchev–Trinajstić information content (AvgIpc) is 2.66. The zero-order valence-corrected chi connectivity index (χ0v) is 18.0. The molecule has 0 aromatic heterocycles. The normalized spacial score (nSPS) is 19.9. The third kappa shape index (κ3) is 4.95. The molecule has 0 saturated carbocycles. The number of hydrogen-bond acceptors (Lipinski definition) is 1. The Morgan fingerprint density at radius 2 is 1.89 bits per heavy atom. The Balaban J connectivity index is 1.89. The third-order valence-electron chi connectivity index (χ3n) is 5.84. The summed E-state index contributed by atoms with van der Waals surface area (Å²) in [5.41, 5.74) is 6.78. The molecule has 0 unspecified atom stereocenters. The largest absolute Gasteiger partial charge is 0.489 e. The van der Waals surface area contributed by atoms with Gasteiger partial charge in [0.2, 0.25) is 0 Å². The fraction of sp³-hybridized carbons (Fsp3) is 0.407. The first kappa shape index (κ1) is 20.5. The van der Waals surface area contributed by atoms with Gasteiger partial charge in [0.25, 0.3) is 0 Å². The van der Waals surface area contributed by atoms with Crippen LogP contribution in [0.3, 0.4) is 0 Å². The van der Waals surface area contributed by atoms with Crippen LogP contribution in [0.15, 0.2) is 66.3 Å². The van der Waals surface area contributed by atoms with E-state index in [-0.39, 0.29) is 0 Å². The van der Waals surface area contributed by atoms with Gasteiger partial charge in [-0.3, -0.25) is 0 Å². The summed E-state index contributed by atoms with van der Waals surface area (Å²) >= 11 is 0. The summed E-state index contributed by atoms with van der Waals surface area (Å²) in [5, 5.41) is 0. The molecule has 28 heavy (non-hydrogen) atoms. The minimum Gasteiger partial charge on any atom is -0.489 e. The van der Waals surface area contributed by atoms with Gasteiger partial charge in [0.05, 0.1) is 0 Å². The maximum atomic E-state index is 6.35. The zero-order valence-electron chi connectivity index (χ0n) is 18.0. The number of aryl methyl sites for hydroxylation is 1. The van der Waals surface area contributed by atoms with Crippen LogP contribution in [-0.4, -0.2) is 0 Å². The van der Waals surface area contributed by atoms with Crippen molar-refractivity contribution in [3.8, 4) is 5.75 Å². The number of ether oxygens (including phenoxy) is 1. The fourth-order valence-electron chi connectivity index (χ4n) is 4.31. The molecule has 2 aromatic carbocycles. The highest BCUT2D eigenvalue weighted by Crippen LogP contribution is 2.47. The minimum atomic E-state index is 0.519. The lowest BCUT2D eigenvalue weighted by Gasteiger charge is -2.34. The van der Waals surface area contributed by atoms with Crippen molar-refractivity contribution in [2.75, 3.05) is 0 Å². The molecule has 0 saturated heterocycles. The predicted molar refractivity (Wildman–Crippen MR) is 120 cm³/mol. The van der Waals surface area contributed by atoms with E-state index < -0.39 is 0 Å². The molecule has 1 aliphatic carbocycles. The van der Waals surface area contributed by atoms with Crippen molar-refractivity contribution in [2.24, 2.45) is 5.92 Å². The highest BCUT2D eigenvalue weighted by molar-refractivity contribution is 5.49. The number of benzene rings is 2. The molecule has 1 aliphatic rings. The maximum Gasteiger partial charge on any atom is 0.123 e. The Kier molecular flexibility index (Phi) is 6.78. The van der Waals surface area contributed by atoms with Crippen LogP contribution < -0.4 is 4.74 Å². The Morgan fingerprint density at radius 3 is 2.61 bits per heavy atom. The second-order valence-corrected chi connectivity index (χ2v) is 8.61. The van der Waals surface area contributed by atoms with E-state index >= 15 is 0 Å². The molecule has 0 heterocycles. The average molecular weight is 375 g/mol. The van der Waals surface area contributed by atoms with Gasteiger partial charge in [0.15, 0.2) is 0 Å². The monoisotopic (exact) mass is 374 g/mol. The molecule has 0 amide bonds. The van der Waals surface area contributed by atoms with E-state index in [0.717, 1.165) is 5.75 Å². The summed E-state index contributed by atoms with van der Waals surface area (Å²) in [6.45, 7) is 11.8. The van der Waals surface area contributed by atoms with Gasteiger partial charge in [-0.1, -0.05) is 74.0 Å². The van der Waals surface area contributed by atoms with Crippen molar-refractivity contribution in [1.82, 2.24) is 0 Å². The molecule has 0 bridgehead atoms.